The molecule has 10 heteroatoms. The van der Waals surface area contributed by atoms with Crippen LogP contribution in [0.4, 0.5) is 11.4 Å². The van der Waals surface area contributed by atoms with Gasteiger partial charge in [-0.05, 0) is 61.5 Å². The van der Waals surface area contributed by atoms with Gasteiger partial charge in [0.2, 0.25) is 5.91 Å². The van der Waals surface area contributed by atoms with Crippen LogP contribution in [0.1, 0.15) is 21.7 Å². The Kier molecular flexibility index (Phi) is 7.95. The van der Waals surface area contributed by atoms with Gasteiger partial charge in [-0.2, -0.15) is 0 Å². The van der Waals surface area contributed by atoms with Gasteiger partial charge in [0.05, 0.1) is 34.6 Å². The topological polar surface area (TPSA) is 109 Å². The molecule has 0 saturated carbocycles. The number of hydrogen-bond donors (Lipinski definition) is 2. The van der Waals surface area contributed by atoms with Gasteiger partial charge in [-0.15, -0.1) is 0 Å². The number of nitrogens with one attached hydrogen (secondary N) is 2. The summed E-state index contributed by atoms with van der Waals surface area (Å²) in [6.45, 7) is 1.48. The molecule has 4 rings (SSSR count). The van der Waals surface area contributed by atoms with Gasteiger partial charge in [0.15, 0.2) is 0 Å². The molecule has 0 fully saturated rings. The highest BCUT2D eigenvalue weighted by atomic mass is 35.5. The Labute approximate surface area is 219 Å². The zero-order chi connectivity index (χ0) is 26.4. The van der Waals surface area contributed by atoms with Crippen LogP contribution >= 0.6 is 11.6 Å². The maximum absolute atomic E-state index is 13.5. The molecule has 190 valence electrons. The number of benzene rings is 3. The molecule has 37 heavy (non-hydrogen) atoms. The van der Waals surface area contributed by atoms with Crippen LogP contribution in [0.25, 0.3) is 0 Å². The summed E-state index contributed by atoms with van der Waals surface area (Å²) in [6, 6.07) is 22.5. The lowest BCUT2D eigenvalue weighted by Crippen LogP contribution is -2.38. The van der Waals surface area contributed by atoms with Crippen LogP contribution in [-0.2, 0) is 21.4 Å². The number of halogens is 1. The van der Waals surface area contributed by atoms with E-state index in [1.54, 1.807) is 66.7 Å². The van der Waals surface area contributed by atoms with Crippen LogP contribution in [0.15, 0.2) is 101 Å². The lowest BCUT2D eigenvalue weighted by Gasteiger charge is -2.24. The highest BCUT2D eigenvalue weighted by molar-refractivity contribution is 7.92. The molecule has 0 spiro atoms. The van der Waals surface area contributed by atoms with Crippen LogP contribution in [-0.4, -0.2) is 26.8 Å². The van der Waals surface area contributed by atoms with Crippen molar-refractivity contribution in [3.05, 3.63) is 113 Å². The van der Waals surface area contributed by atoms with Gasteiger partial charge in [-0.25, -0.2) is 8.42 Å². The van der Waals surface area contributed by atoms with E-state index in [9.17, 15) is 18.0 Å². The third-order valence-corrected chi connectivity index (χ3v) is 7.46. The van der Waals surface area contributed by atoms with Crippen molar-refractivity contribution >= 4 is 44.8 Å². The minimum atomic E-state index is -4.11. The zero-order valence-electron chi connectivity index (χ0n) is 19.8. The lowest BCUT2D eigenvalue weighted by molar-refractivity contribution is -0.114. The predicted molar refractivity (Wildman–Crippen MR) is 142 cm³/mol. The van der Waals surface area contributed by atoms with Gasteiger partial charge in [0.1, 0.15) is 12.3 Å². The number of nitrogens with zero attached hydrogens (tertiary/aromatic N) is 1. The van der Waals surface area contributed by atoms with Gasteiger partial charge < -0.3 is 15.1 Å². The summed E-state index contributed by atoms with van der Waals surface area (Å²) in [5, 5.41) is 5.72. The number of rotatable bonds is 9. The van der Waals surface area contributed by atoms with Gasteiger partial charge >= 0.3 is 0 Å². The summed E-state index contributed by atoms with van der Waals surface area (Å²) in [4.78, 5) is 25.9. The Morgan fingerprint density at radius 1 is 0.946 bits per heavy atom. The Morgan fingerprint density at radius 3 is 2.41 bits per heavy atom. The second-order valence-corrected chi connectivity index (χ2v) is 10.5. The molecule has 0 aliphatic rings. The molecule has 0 bridgehead atoms. The van der Waals surface area contributed by atoms with Gasteiger partial charge in [0.25, 0.3) is 15.9 Å². The third-order valence-electron chi connectivity index (χ3n) is 5.44. The minimum Gasteiger partial charge on any atom is -0.467 e. The maximum Gasteiger partial charge on any atom is 0.264 e. The summed E-state index contributed by atoms with van der Waals surface area (Å²) in [6.07, 6.45) is 1.51. The van der Waals surface area contributed by atoms with E-state index < -0.39 is 28.4 Å². The first-order valence-corrected chi connectivity index (χ1v) is 13.1. The molecule has 0 unspecified atom stereocenters. The lowest BCUT2D eigenvalue weighted by atomic mass is 10.1. The third kappa shape index (κ3) is 6.38. The van der Waals surface area contributed by atoms with Gasteiger partial charge in [0, 0.05) is 5.02 Å². The molecule has 0 aliphatic carbocycles. The van der Waals surface area contributed by atoms with E-state index in [-0.39, 0.29) is 28.4 Å². The summed E-state index contributed by atoms with van der Waals surface area (Å²) in [7, 11) is -4.11. The Bertz CT molecular complexity index is 1500. The van der Waals surface area contributed by atoms with Crippen molar-refractivity contribution in [1.29, 1.82) is 0 Å². The summed E-state index contributed by atoms with van der Waals surface area (Å²) >= 11 is 6.12. The average Bonchev–Trinajstić information content (AvgIpc) is 3.40. The molecule has 0 saturated heterocycles. The molecule has 0 radical (unpaired) electrons. The molecule has 1 aromatic heterocycles. The van der Waals surface area contributed by atoms with Crippen molar-refractivity contribution < 1.29 is 22.4 Å². The number of para-hydroxylation sites is 1. The number of carbonyl (C=O) groups excluding carboxylic acids is 2. The molecule has 2 amide bonds. The molecular formula is C27H24ClN3O5S. The van der Waals surface area contributed by atoms with Crippen LogP contribution in [0.2, 0.25) is 5.02 Å². The summed E-state index contributed by atoms with van der Waals surface area (Å²) in [5.41, 5.74) is 1.59. The number of furan rings is 1. The predicted octanol–water partition coefficient (Wildman–Crippen LogP) is 5.01. The largest absolute Gasteiger partial charge is 0.467 e. The normalized spacial score (nSPS) is 11.1. The fourth-order valence-corrected chi connectivity index (χ4v) is 5.17. The Hall–Kier alpha value is -4.08. The Balaban J connectivity index is 1.57. The maximum atomic E-state index is 13.5. The average molecular weight is 538 g/mol. The van der Waals surface area contributed by atoms with Crippen molar-refractivity contribution in [2.45, 2.75) is 18.4 Å². The molecule has 0 atom stereocenters. The molecule has 1 heterocycles. The van der Waals surface area contributed by atoms with Crippen LogP contribution in [0.3, 0.4) is 0 Å². The molecule has 3 aromatic carbocycles. The quantitative estimate of drug-likeness (QED) is 0.312. The van der Waals surface area contributed by atoms with Gasteiger partial charge in [-0.1, -0.05) is 47.5 Å². The fraction of sp³-hybridized carbons (Fsp3) is 0.111. The monoisotopic (exact) mass is 537 g/mol. The number of aryl methyl sites for hydroxylation is 1. The summed E-state index contributed by atoms with van der Waals surface area (Å²) < 4.78 is 33.3. The van der Waals surface area contributed by atoms with E-state index in [2.05, 4.69) is 10.6 Å². The summed E-state index contributed by atoms with van der Waals surface area (Å²) in [5.74, 6) is -0.485. The highest BCUT2D eigenvalue weighted by Crippen LogP contribution is 2.27. The first-order chi connectivity index (χ1) is 17.7. The highest BCUT2D eigenvalue weighted by Gasteiger charge is 2.28. The van der Waals surface area contributed by atoms with Gasteiger partial charge in [-0.3, -0.25) is 13.9 Å². The molecule has 4 aromatic rings. The van der Waals surface area contributed by atoms with Crippen molar-refractivity contribution in [2.75, 3.05) is 16.2 Å². The van der Waals surface area contributed by atoms with Crippen molar-refractivity contribution in [2.24, 2.45) is 0 Å². The standard InChI is InChI=1S/C27H24ClN3O5S/c1-19-11-13-23(14-12-19)37(34,35)31(21-7-4-6-20(28)16-21)18-26(32)30-25-10-3-2-9-24(25)27(33)29-17-22-8-5-15-36-22/h2-16H,17-18H2,1H3,(H,29,33)(H,30,32). The second-order valence-electron chi connectivity index (χ2n) is 8.16. The molecule has 0 aliphatic heterocycles. The Morgan fingerprint density at radius 2 is 1.70 bits per heavy atom. The number of hydrogen-bond acceptors (Lipinski definition) is 5. The molecule has 2 N–H and O–H groups in total. The number of sulfonamides is 1. The van der Waals surface area contributed by atoms with Crippen LogP contribution < -0.4 is 14.9 Å². The van der Waals surface area contributed by atoms with E-state index in [0.29, 0.717) is 10.8 Å². The number of amides is 2. The van der Waals surface area contributed by atoms with Crippen LogP contribution in [0.5, 0.6) is 0 Å². The fourth-order valence-electron chi connectivity index (χ4n) is 3.57. The van der Waals surface area contributed by atoms with E-state index >= 15 is 0 Å². The van der Waals surface area contributed by atoms with Crippen molar-refractivity contribution in [3.8, 4) is 0 Å². The van der Waals surface area contributed by atoms with Crippen LogP contribution in [0, 0.1) is 6.92 Å². The second kappa shape index (κ2) is 11.3. The molecular weight excluding hydrogens is 514 g/mol. The zero-order valence-corrected chi connectivity index (χ0v) is 21.4. The van der Waals surface area contributed by atoms with E-state index in [1.165, 1.54) is 24.5 Å². The van der Waals surface area contributed by atoms with E-state index in [4.69, 9.17) is 16.0 Å². The minimum absolute atomic E-state index is 0.0311. The first kappa shape index (κ1) is 26.0. The van der Waals surface area contributed by atoms with E-state index in [0.717, 1.165) is 9.87 Å². The number of anilines is 2. The SMILES string of the molecule is Cc1ccc(S(=O)(=O)N(CC(=O)Nc2ccccc2C(=O)NCc2ccco2)c2cccc(Cl)c2)cc1. The first-order valence-electron chi connectivity index (χ1n) is 11.3. The smallest absolute Gasteiger partial charge is 0.264 e. The molecule has 8 nitrogen and oxygen atoms in total. The van der Waals surface area contributed by atoms with E-state index in [1.807, 2.05) is 6.92 Å². The van der Waals surface area contributed by atoms with Crippen molar-refractivity contribution in [3.63, 3.8) is 0 Å². The number of carbonyl (C=O) groups is 2. The van der Waals surface area contributed by atoms with Crippen molar-refractivity contribution in [1.82, 2.24) is 5.32 Å².